The summed E-state index contributed by atoms with van der Waals surface area (Å²) in [6, 6.07) is 0. The molecule has 0 saturated carbocycles. The first-order chi connectivity index (χ1) is 11.4. The Morgan fingerprint density at radius 1 is 0.760 bits per heavy atom. The molecule has 0 aliphatic carbocycles. The molecule has 0 N–H and O–H groups in total. The molecule has 2 fully saturated rings. The van der Waals surface area contributed by atoms with E-state index >= 15 is 0 Å². The van der Waals surface area contributed by atoms with Crippen LogP contribution in [0.15, 0.2) is 0 Å². The second kappa shape index (κ2) is 7.04. The van der Waals surface area contributed by atoms with Gasteiger partial charge in [-0.2, -0.15) is 0 Å². The van der Waals surface area contributed by atoms with Crippen molar-refractivity contribution in [3.8, 4) is 0 Å². The molecule has 0 unspecified atom stereocenters. The van der Waals surface area contributed by atoms with Crippen molar-refractivity contribution in [3.63, 3.8) is 0 Å². The van der Waals surface area contributed by atoms with Gasteiger partial charge in [-0.05, 0) is 72.6 Å². The molecule has 2 aliphatic heterocycles. The number of nitrogens with zero attached hydrogens (tertiary/aromatic N) is 2. The van der Waals surface area contributed by atoms with Crippen LogP contribution < -0.4 is 0 Å². The van der Waals surface area contributed by atoms with Gasteiger partial charge in [0, 0.05) is 26.2 Å². The van der Waals surface area contributed by atoms with Crippen molar-refractivity contribution in [2.24, 2.45) is 5.41 Å². The van der Waals surface area contributed by atoms with Gasteiger partial charge in [0.2, 0.25) is 0 Å². The van der Waals surface area contributed by atoms with Gasteiger partial charge in [-0.25, -0.2) is 9.59 Å². The number of rotatable bonds is 0. The molecule has 6 heteroatoms. The Bertz CT molecular complexity index is 497. The molecule has 0 aromatic carbocycles. The molecule has 144 valence electrons. The first kappa shape index (κ1) is 19.9. The van der Waals surface area contributed by atoms with E-state index in [9.17, 15) is 9.59 Å². The summed E-state index contributed by atoms with van der Waals surface area (Å²) >= 11 is 0. The van der Waals surface area contributed by atoms with Crippen LogP contribution in [0.25, 0.3) is 0 Å². The lowest BCUT2D eigenvalue weighted by atomic mass is 9.72. The second-order valence-electron chi connectivity index (χ2n) is 9.47. The van der Waals surface area contributed by atoms with Gasteiger partial charge in [0.25, 0.3) is 0 Å². The zero-order valence-corrected chi connectivity index (χ0v) is 16.7. The van der Waals surface area contributed by atoms with Crippen LogP contribution >= 0.6 is 0 Å². The summed E-state index contributed by atoms with van der Waals surface area (Å²) in [5, 5.41) is 0. The molecule has 0 atom stereocenters. The summed E-state index contributed by atoms with van der Waals surface area (Å²) in [4.78, 5) is 28.3. The zero-order chi connectivity index (χ0) is 18.9. The number of hydrogen-bond acceptors (Lipinski definition) is 4. The van der Waals surface area contributed by atoms with E-state index < -0.39 is 11.2 Å². The van der Waals surface area contributed by atoms with Gasteiger partial charge in [0.05, 0.1) is 0 Å². The van der Waals surface area contributed by atoms with Crippen LogP contribution in [0.2, 0.25) is 0 Å². The highest BCUT2D eigenvalue weighted by molar-refractivity contribution is 5.69. The predicted octanol–water partition coefficient (Wildman–Crippen LogP) is 4.03. The molecule has 6 nitrogen and oxygen atoms in total. The number of carbonyl (C=O) groups excluding carboxylic acids is 2. The SMILES string of the molecule is CC(C)(C)OC(=O)N1CCC2(CCCN(C(=O)OC(C)(C)C)C2)CC1. The van der Waals surface area contributed by atoms with E-state index in [0.717, 1.165) is 38.8 Å². The molecule has 2 heterocycles. The summed E-state index contributed by atoms with van der Waals surface area (Å²) in [5.74, 6) is 0. The van der Waals surface area contributed by atoms with E-state index in [2.05, 4.69) is 0 Å². The van der Waals surface area contributed by atoms with E-state index in [0.29, 0.717) is 13.1 Å². The van der Waals surface area contributed by atoms with E-state index in [1.807, 2.05) is 46.4 Å². The Kier molecular flexibility index (Phi) is 5.59. The van der Waals surface area contributed by atoms with Crippen molar-refractivity contribution in [1.82, 2.24) is 9.80 Å². The Morgan fingerprint density at radius 2 is 1.24 bits per heavy atom. The van der Waals surface area contributed by atoms with Gasteiger partial charge in [0.15, 0.2) is 0 Å². The first-order valence-electron chi connectivity index (χ1n) is 9.35. The molecule has 0 aromatic heterocycles. The van der Waals surface area contributed by atoms with Crippen LogP contribution in [0.3, 0.4) is 0 Å². The second-order valence-corrected chi connectivity index (χ2v) is 9.47. The fraction of sp³-hybridized carbons (Fsp3) is 0.895. The maximum absolute atomic E-state index is 12.4. The average molecular weight is 354 g/mol. The molecule has 1 spiro atoms. The van der Waals surface area contributed by atoms with Gasteiger partial charge in [-0.15, -0.1) is 0 Å². The number of carbonyl (C=O) groups is 2. The van der Waals surface area contributed by atoms with E-state index in [1.165, 1.54) is 0 Å². The normalized spacial score (nSPS) is 21.2. The molecular formula is C19H34N2O4. The van der Waals surface area contributed by atoms with Crippen molar-refractivity contribution in [2.45, 2.75) is 78.4 Å². The predicted molar refractivity (Wildman–Crippen MR) is 96.5 cm³/mol. The van der Waals surface area contributed by atoms with E-state index in [1.54, 1.807) is 4.90 Å². The minimum atomic E-state index is -0.470. The largest absolute Gasteiger partial charge is 0.444 e. The number of amides is 2. The van der Waals surface area contributed by atoms with E-state index in [-0.39, 0.29) is 17.6 Å². The van der Waals surface area contributed by atoms with Crippen molar-refractivity contribution in [1.29, 1.82) is 0 Å². The summed E-state index contributed by atoms with van der Waals surface area (Å²) in [7, 11) is 0. The monoisotopic (exact) mass is 354 g/mol. The van der Waals surface area contributed by atoms with Gasteiger partial charge >= 0.3 is 12.2 Å². The summed E-state index contributed by atoms with van der Waals surface area (Å²) in [6.07, 6.45) is 3.46. The zero-order valence-electron chi connectivity index (χ0n) is 16.7. The quantitative estimate of drug-likeness (QED) is 0.659. The molecule has 2 aliphatic rings. The van der Waals surface area contributed by atoms with Gasteiger partial charge in [0.1, 0.15) is 11.2 Å². The highest BCUT2D eigenvalue weighted by Crippen LogP contribution is 2.40. The van der Waals surface area contributed by atoms with Crippen LogP contribution in [0.1, 0.15) is 67.2 Å². The standard InChI is InChI=1S/C19H34N2O4/c1-17(2,3)24-15(22)20-12-9-19(10-13-20)8-7-11-21(14-19)16(23)25-18(4,5)6/h7-14H2,1-6H3. The number of likely N-dealkylation sites (tertiary alicyclic amines) is 2. The van der Waals surface area contributed by atoms with Crippen molar-refractivity contribution >= 4 is 12.2 Å². The number of hydrogen-bond donors (Lipinski definition) is 0. The molecule has 2 amide bonds. The minimum Gasteiger partial charge on any atom is -0.444 e. The highest BCUT2D eigenvalue weighted by Gasteiger charge is 2.42. The first-order valence-corrected chi connectivity index (χ1v) is 9.35. The fourth-order valence-corrected chi connectivity index (χ4v) is 3.59. The Hall–Kier alpha value is -1.46. The van der Waals surface area contributed by atoms with E-state index in [4.69, 9.17) is 9.47 Å². The van der Waals surface area contributed by atoms with Crippen LogP contribution in [0, 0.1) is 5.41 Å². The fourth-order valence-electron chi connectivity index (χ4n) is 3.59. The Morgan fingerprint density at radius 3 is 1.72 bits per heavy atom. The van der Waals surface area contributed by atoms with Crippen molar-refractivity contribution in [3.05, 3.63) is 0 Å². The Balaban J connectivity index is 1.91. The smallest absolute Gasteiger partial charge is 0.410 e. The molecule has 0 bridgehead atoms. The van der Waals surface area contributed by atoms with Gasteiger partial charge in [-0.3, -0.25) is 0 Å². The third-order valence-corrected chi connectivity index (χ3v) is 4.79. The Labute approximate surface area is 151 Å². The van der Waals surface area contributed by atoms with Gasteiger partial charge < -0.3 is 19.3 Å². The van der Waals surface area contributed by atoms with Crippen LogP contribution in [-0.2, 0) is 9.47 Å². The summed E-state index contributed by atoms with van der Waals surface area (Å²) in [5.41, 5.74) is -0.833. The minimum absolute atomic E-state index is 0.105. The topological polar surface area (TPSA) is 59.1 Å². The molecule has 2 saturated heterocycles. The average Bonchev–Trinajstić information content (AvgIpc) is 2.44. The highest BCUT2D eigenvalue weighted by atomic mass is 16.6. The molecule has 0 aromatic rings. The third-order valence-electron chi connectivity index (χ3n) is 4.79. The molecule has 0 radical (unpaired) electrons. The summed E-state index contributed by atoms with van der Waals surface area (Å²) in [6.45, 7) is 14.2. The lowest BCUT2D eigenvalue weighted by Crippen LogP contribution is -2.53. The van der Waals surface area contributed by atoms with Crippen LogP contribution in [0.4, 0.5) is 9.59 Å². The molecular weight excluding hydrogens is 320 g/mol. The van der Waals surface area contributed by atoms with Gasteiger partial charge in [-0.1, -0.05) is 0 Å². The van der Waals surface area contributed by atoms with Crippen molar-refractivity contribution in [2.75, 3.05) is 26.2 Å². The van der Waals surface area contributed by atoms with Crippen LogP contribution in [0.5, 0.6) is 0 Å². The summed E-state index contributed by atoms with van der Waals surface area (Å²) < 4.78 is 11.0. The lowest BCUT2D eigenvalue weighted by Gasteiger charge is -2.47. The molecule has 25 heavy (non-hydrogen) atoms. The number of piperidine rings is 2. The maximum atomic E-state index is 12.4. The maximum Gasteiger partial charge on any atom is 0.410 e. The van der Waals surface area contributed by atoms with Crippen molar-refractivity contribution < 1.29 is 19.1 Å². The number of ether oxygens (including phenoxy) is 2. The molecule has 2 rings (SSSR count). The van der Waals surface area contributed by atoms with Crippen LogP contribution in [-0.4, -0.2) is 59.4 Å². The third kappa shape index (κ3) is 5.79. The lowest BCUT2D eigenvalue weighted by molar-refractivity contribution is -0.0200.